The van der Waals surface area contributed by atoms with Gasteiger partial charge < -0.3 is 25.7 Å². The van der Waals surface area contributed by atoms with Gasteiger partial charge in [-0.3, -0.25) is 0 Å². The zero-order valence-electron chi connectivity index (χ0n) is 33.6. The van der Waals surface area contributed by atoms with E-state index >= 15 is 0 Å². The van der Waals surface area contributed by atoms with Crippen LogP contribution in [-0.2, 0) is 24.0 Å². The van der Waals surface area contributed by atoms with Crippen molar-refractivity contribution in [2.45, 2.75) is 119 Å². The van der Waals surface area contributed by atoms with E-state index < -0.39 is 0 Å². The second-order valence-electron chi connectivity index (χ2n) is 12.5. The maximum absolute atomic E-state index is 9.13. The highest BCUT2D eigenvalue weighted by molar-refractivity contribution is 7.21. The highest BCUT2D eigenvalue weighted by atomic mass is 32.1. The van der Waals surface area contributed by atoms with Crippen molar-refractivity contribution in [3.63, 3.8) is 0 Å². The third kappa shape index (κ3) is 20.2. The molecule has 4 aromatic heterocycles. The molecule has 298 valence electrons. The van der Waals surface area contributed by atoms with Crippen LogP contribution in [0, 0.1) is 32.1 Å². The number of anilines is 1. The second-order valence-corrected chi connectivity index (χ2v) is 15.1. The number of nitrogen functional groups attached to an aromatic ring is 1. The molecule has 0 aromatic carbocycles. The first kappa shape index (κ1) is 48.4. The summed E-state index contributed by atoms with van der Waals surface area (Å²) in [4.78, 5) is 22.4. The molecule has 4 N–H and O–H groups in total. The Morgan fingerprint density at radius 1 is 0.963 bits per heavy atom. The number of nitrogens with zero attached hydrogens (tertiary/aromatic N) is 8. The number of rotatable bonds is 20. The van der Waals surface area contributed by atoms with E-state index in [1.807, 2.05) is 19.4 Å². The van der Waals surface area contributed by atoms with Gasteiger partial charge in [0.2, 0.25) is 11.7 Å². The molecule has 0 unspecified atom stereocenters. The van der Waals surface area contributed by atoms with Crippen LogP contribution in [-0.4, -0.2) is 75.4 Å². The minimum atomic E-state index is 0.510. The summed E-state index contributed by atoms with van der Waals surface area (Å²) in [6, 6.07) is 3.98. The molecule has 0 radical (unpaired) electrons. The number of methoxy groups -OCH3 is 1. The van der Waals surface area contributed by atoms with Crippen LogP contribution in [0.1, 0.15) is 117 Å². The van der Waals surface area contributed by atoms with Gasteiger partial charge in [-0.05, 0) is 109 Å². The first-order valence-corrected chi connectivity index (χ1v) is 21.2. The summed E-state index contributed by atoms with van der Waals surface area (Å²) in [5, 5.41) is 16.9. The molecule has 15 heteroatoms. The van der Waals surface area contributed by atoms with Crippen LogP contribution in [0.15, 0.2) is 27.4 Å². The summed E-state index contributed by atoms with van der Waals surface area (Å²) in [5.74, 6) is 8.15. The number of thiazole rings is 1. The number of nitrogens with two attached hydrogens (primary N) is 2. The number of aromatic nitrogens is 5. The fourth-order valence-electron chi connectivity index (χ4n) is 4.98. The Labute approximate surface area is 334 Å². The number of aryl methyl sites for hydroxylation is 5. The van der Waals surface area contributed by atoms with E-state index in [4.69, 9.17) is 20.3 Å². The quantitative estimate of drug-likeness (QED) is 0.0287. The Balaban J connectivity index is 0.000000462. The van der Waals surface area contributed by atoms with Crippen molar-refractivity contribution in [1.29, 1.82) is 5.26 Å². The van der Waals surface area contributed by atoms with E-state index in [-0.39, 0.29) is 0 Å². The molecular formula is C39H63N10O2PS2. The highest BCUT2D eigenvalue weighted by Crippen LogP contribution is 2.31. The van der Waals surface area contributed by atoms with Crippen molar-refractivity contribution in [3.8, 4) is 17.6 Å². The molecule has 0 amide bonds. The number of hydrogen-bond acceptors (Lipinski definition) is 14. The van der Waals surface area contributed by atoms with E-state index in [2.05, 4.69) is 83.6 Å². The largest absolute Gasteiger partial charge is 0.389 e. The number of nitriles is 1. The van der Waals surface area contributed by atoms with Crippen molar-refractivity contribution in [2.75, 3.05) is 39.1 Å². The summed E-state index contributed by atoms with van der Waals surface area (Å²) >= 11 is 3.20. The number of hydrogen-bond donors (Lipinski definition) is 2. The standard InChI is InChI=1S/C20H24N6OS.C12H27NO.C5H7NS.C2H5N2P/c1-3-4-8-17-23-11-10-15(24-17)20-25-18(27-26-20)9-6-5-7-16-13(2)14(12-21)19(22)28-16;1-4-6-10-13(9-5-2)11-7-8-12-14-3;1-4-5(2)7-3-6-4;3-4-1-2-5/h10-11H,3-9,22H2,1-2H3;4-12H2,1-3H3;3H,1-2H3;1-2,5H,3H2/b;;;4-1-. The molecule has 4 rings (SSSR count). The van der Waals surface area contributed by atoms with Crippen molar-refractivity contribution in [3.05, 3.63) is 56.1 Å². The van der Waals surface area contributed by atoms with E-state index in [1.54, 1.807) is 36.5 Å². The van der Waals surface area contributed by atoms with Gasteiger partial charge in [-0.25, -0.2) is 15.0 Å². The molecule has 12 nitrogen and oxygen atoms in total. The predicted octanol–water partition coefficient (Wildman–Crippen LogP) is 8.82. The molecule has 0 bridgehead atoms. The summed E-state index contributed by atoms with van der Waals surface area (Å²) in [6.45, 7) is 17.4. The summed E-state index contributed by atoms with van der Waals surface area (Å²) < 4.78 is 10.4. The molecule has 0 aliphatic rings. The van der Waals surface area contributed by atoms with Crippen LogP contribution < -0.4 is 11.6 Å². The molecule has 0 fully saturated rings. The first-order chi connectivity index (χ1) is 26.2. The van der Waals surface area contributed by atoms with Crippen molar-refractivity contribution < 1.29 is 9.26 Å². The van der Waals surface area contributed by atoms with Gasteiger partial charge in [0, 0.05) is 42.5 Å². The third-order valence-electron chi connectivity index (χ3n) is 8.17. The van der Waals surface area contributed by atoms with Gasteiger partial charge in [-0.15, -0.1) is 31.5 Å². The van der Waals surface area contributed by atoms with Crippen LogP contribution in [0.3, 0.4) is 0 Å². The van der Waals surface area contributed by atoms with E-state index in [0.29, 0.717) is 34.4 Å². The van der Waals surface area contributed by atoms with Crippen molar-refractivity contribution in [1.82, 2.24) is 30.0 Å². The fraction of sp³-hybridized carbons (Fsp3) is 0.590. The average molecular weight is 799 g/mol. The van der Waals surface area contributed by atoms with Gasteiger partial charge in [0.15, 0.2) is 0 Å². The normalized spacial score (nSPS) is 10.6. The van der Waals surface area contributed by atoms with Crippen molar-refractivity contribution >= 4 is 48.5 Å². The van der Waals surface area contributed by atoms with Crippen LogP contribution in [0.25, 0.3) is 11.5 Å². The maximum Gasteiger partial charge on any atom is 0.227 e. The molecule has 0 spiro atoms. The molecule has 0 aliphatic carbocycles. The Morgan fingerprint density at radius 3 is 2.26 bits per heavy atom. The number of thiophene rings is 1. The number of unbranched alkanes of at least 4 members (excludes halogenated alkanes) is 4. The molecular weight excluding hydrogens is 736 g/mol. The maximum atomic E-state index is 9.13. The van der Waals surface area contributed by atoms with Crippen LogP contribution in [0.4, 0.5) is 5.00 Å². The van der Waals surface area contributed by atoms with Crippen LogP contribution >= 0.6 is 31.5 Å². The topological polar surface area (TPSA) is 178 Å². The zero-order valence-corrected chi connectivity index (χ0v) is 36.2. The summed E-state index contributed by atoms with van der Waals surface area (Å²) in [6.07, 6.45) is 16.1. The lowest BCUT2D eigenvalue weighted by atomic mass is 10.1. The first-order valence-electron chi connectivity index (χ1n) is 18.9. The fourth-order valence-corrected chi connectivity index (χ4v) is 6.73. The molecule has 54 heavy (non-hydrogen) atoms. The van der Waals surface area contributed by atoms with Crippen LogP contribution in [0.2, 0.25) is 0 Å². The average Bonchev–Trinajstić information content (AvgIpc) is 3.88. The van der Waals surface area contributed by atoms with Gasteiger partial charge in [0.05, 0.1) is 23.0 Å². The monoisotopic (exact) mass is 798 g/mol. The Bertz CT molecular complexity index is 1620. The lowest BCUT2D eigenvalue weighted by Crippen LogP contribution is -2.27. The smallest absolute Gasteiger partial charge is 0.227 e. The minimum Gasteiger partial charge on any atom is -0.389 e. The lowest BCUT2D eigenvalue weighted by molar-refractivity contribution is 0.183. The van der Waals surface area contributed by atoms with Gasteiger partial charge in [-0.2, -0.15) is 15.3 Å². The molecule has 0 atom stereocenters. The van der Waals surface area contributed by atoms with Crippen LogP contribution in [0.5, 0.6) is 0 Å². The summed E-state index contributed by atoms with van der Waals surface area (Å²) in [7, 11) is 4.77. The number of ether oxygens (including phenoxy) is 1. The van der Waals surface area contributed by atoms with Crippen molar-refractivity contribution in [2.24, 2.45) is 10.9 Å². The SMILES string of the molecule is CCCCN(CCC)CCCCOC.CCCCc1nccc(-c2noc(CCCCc3sc(N)c(C#N)c3C)n2)n1.Cc1ncsc1C.N/N=C\C=P. The zero-order chi connectivity index (χ0) is 40.0. The lowest BCUT2D eigenvalue weighted by Gasteiger charge is -2.21. The molecule has 4 aromatic rings. The summed E-state index contributed by atoms with van der Waals surface area (Å²) in [5.41, 5.74) is 11.2. The molecule has 0 aliphatic heterocycles. The number of hydrazone groups is 1. The third-order valence-corrected chi connectivity index (χ3v) is 10.4. The van der Waals surface area contributed by atoms with Gasteiger partial charge in [0.25, 0.3) is 0 Å². The molecule has 4 heterocycles. The molecule has 0 saturated carbocycles. The predicted molar refractivity (Wildman–Crippen MR) is 230 cm³/mol. The van der Waals surface area contributed by atoms with Gasteiger partial charge in [0.1, 0.15) is 22.6 Å². The van der Waals surface area contributed by atoms with E-state index in [1.165, 1.54) is 79.0 Å². The Hall–Kier alpha value is -3.60. The van der Waals surface area contributed by atoms with Gasteiger partial charge >= 0.3 is 0 Å². The highest BCUT2D eigenvalue weighted by Gasteiger charge is 2.14. The van der Waals surface area contributed by atoms with E-state index in [0.717, 1.165) is 62.2 Å². The van der Waals surface area contributed by atoms with E-state index in [9.17, 15) is 0 Å². The molecule has 0 saturated heterocycles. The Kier molecular flexibility index (Phi) is 27.5. The Morgan fingerprint density at radius 2 is 1.70 bits per heavy atom. The van der Waals surface area contributed by atoms with Gasteiger partial charge in [-0.1, -0.05) is 38.8 Å². The second kappa shape index (κ2) is 30.7. The minimum absolute atomic E-state index is 0.510.